The van der Waals surface area contributed by atoms with Gasteiger partial charge in [-0.25, -0.2) is 12.7 Å². The smallest absolute Gasteiger partial charge is 0.269 e. The third-order valence-electron chi connectivity index (χ3n) is 4.76. The zero-order chi connectivity index (χ0) is 20.7. The summed E-state index contributed by atoms with van der Waals surface area (Å²) in [6.07, 6.45) is 2.22. The van der Waals surface area contributed by atoms with Crippen molar-refractivity contribution in [1.29, 1.82) is 0 Å². The largest absolute Gasteiger partial charge is 0.347 e. The van der Waals surface area contributed by atoms with E-state index in [4.69, 9.17) is 0 Å². The highest BCUT2D eigenvalue weighted by molar-refractivity contribution is 7.89. The monoisotopic (exact) mass is 404 g/mol. The molecule has 1 aliphatic rings. The van der Waals surface area contributed by atoms with E-state index < -0.39 is 10.0 Å². The molecule has 1 aliphatic carbocycles. The van der Waals surface area contributed by atoms with Crippen LogP contribution in [0.25, 0.3) is 0 Å². The topological polar surface area (TPSA) is 84.3 Å². The summed E-state index contributed by atoms with van der Waals surface area (Å²) in [6, 6.07) is 8.58. The number of nitrogens with one attached hydrogen (secondary N) is 1. The number of carbonyl (C=O) groups is 1. The van der Waals surface area contributed by atoms with Gasteiger partial charge in [-0.3, -0.25) is 9.48 Å². The summed E-state index contributed by atoms with van der Waals surface area (Å²) in [5.74, 6) is 0.187. The van der Waals surface area contributed by atoms with Crippen LogP contribution in [-0.2, 0) is 22.1 Å². The number of aromatic nitrogens is 2. The molecule has 0 radical (unpaired) electrons. The molecule has 0 bridgehead atoms. The van der Waals surface area contributed by atoms with Gasteiger partial charge >= 0.3 is 0 Å². The molecule has 8 heteroatoms. The first-order chi connectivity index (χ1) is 13.0. The van der Waals surface area contributed by atoms with E-state index in [0.29, 0.717) is 17.2 Å². The molecule has 0 aliphatic heterocycles. The second-order valence-electron chi connectivity index (χ2n) is 8.39. The lowest BCUT2D eigenvalue weighted by Crippen LogP contribution is -2.32. The number of rotatable bonds is 6. The van der Waals surface area contributed by atoms with Gasteiger partial charge in [0.1, 0.15) is 5.69 Å². The van der Waals surface area contributed by atoms with Crippen molar-refractivity contribution in [3.63, 3.8) is 0 Å². The number of benzene rings is 1. The molecule has 1 fully saturated rings. The van der Waals surface area contributed by atoms with Crippen molar-refractivity contribution in [2.75, 3.05) is 14.1 Å². The van der Waals surface area contributed by atoms with Crippen molar-refractivity contribution in [2.24, 2.45) is 0 Å². The number of amides is 1. The Labute approximate surface area is 166 Å². The number of carbonyl (C=O) groups excluding carboxylic acids is 1. The molecule has 3 rings (SSSR count). The van der Waals surface area contributed by atoms with Crippen LogP contribution in [0, 0.1) is 0 Å². The van der Waals surface area contributed by atoms with Crippen LogP contribution in [0.2, 0.25) is 0 Å². The van der Waals surface area contributed by atoms with Gasteiger partial charge in [-0.1, -0.05) is 18.2 Å². The van der Waals surface area contributed by atoms with E-state index in [-0.39, 0.29) is 22.9 Å². The van der Waals surface area contributed by atoms with Crippen LogP contribution in [0.4, 0.5) is 0 Å². The summed E-state index contributed by atoms with van der Waals surface area (Å²) in [5, 5.41) is 7.52. The maximum atomic E-state index is 12.9. The highest BCUT2D eigenvalue weighted by Crippen LogP contribution is 2.40. The average molecular weight is 405 g/mol. The van der Waals surface area contributed by atoms with E-state index in [0.717, 1.165) is 18.5 Å². The highest BCUT2D eigenvalue weighted by Gasteiger charge is 2.31. The van der Waals surface area contributed by atoms with Crippen molar-refractivity contribution in [2.45, 2.75) is 56.5 Å². The van der Waals surface area contributed by atoms with Gasteiger partial charge in [0.25, 0.3) is 5.91 Å². The molecule has 1 saturated carbocycles. The van der Waals surface area contributed by atoms with E-state index in [2.05, 4.69) is 10.4 Å². The molecule has 0 unspecified atom stereocenters. The fourth-order valence-electron chi connectivity index (χ4n) is 3.02. The van der Waals surface area contributed by atoms with Crippen LogP contribution < -0.4 is 5.32 Å². The standard InChI is InChI=1S/C20H28N4O3S/c1-20(2,3)24-17(12-16(22-24)14-10-11-14)19(25)21-13-15-8-6-7-9-18(15)28(26,27)23(4)5/h6-9,12,14H,10-11,13H2,1-5H3,(H,21,25). The van der Waals surface area contributed by atoms with Crippen LogP contribution in [0.15, 0.2) is 35.2 Å². The number of sulfonamides is 1. The van der Waals surface area contributed by atoms with Gasteiger partial charge in [0, 0.05) is 26.6 Å². The Bertz CT molecular complexity index is 983. The third-order valence-corrected chi connectivity index (χ3v) is 6.68. The van der Waals surface area contributed by atoms with Gasteiger partial charge in [-0.05, 0) is 51.3 Å². The Morgan fingerprint density at radius 1 is 1.25 bits per heavy atom. The second kappa shape index (κ2) is 7.33. The summed E-state index contributed by atoms with van der Waals surface area (Å²) >= 11 is 0. The highest BCUT2D eigenvalue weighted by atomic mass is 32.2. The van der Waals surface area contributed by atoms with Crippen molar-refractivity contribution >= 4 is 15.9 Å². The molecule has 1 aromatic heterocycles. The first-order valence-corrected chi connectivity index (χ1v) is 10.8. The molecule has 1 N–H and O–H groups in total. The van der Waals surface area contributed by atoms with Crippen LogP contribution in [0.1, 0.15) is 61.3 Å². The van der Waals surface area contributed by atoms with Gasteiger partial charge in [-0.15, -0.1) is 0 Å². The van der Waals surface area contributed by atoms with E-state index >= 15 is 0 Å². The predicted molar refractivity (Wildman–Crippen MR) is 108 cm³/mol. The second-order valence-corrected chi connectivity index (χ2v) is 10.5. The summed E-state index contributed by atoms with van der Waals surface area (Å²) in [7, 11) is -0.602. The van der Waals surface area contributed by atoms with E-state index in [9.17, 15) is 13.2 Å². The molecule has 1 aromatic carbocycles. The van der Waals surface area contributed by atoms with Gasteiger partial charge in [0.15, 0.2) is 0 Å². The first-order valence-electron chi connectivity index (χ1n) is 9.41. The quantitative estimate of drug-likeness (QED) is 0.802. The summed E-state index contributed by atoms with van der Waals surface area (Å²) in [6.45, 7) is 6.14. The van der Waals surface area contributed by atoms with Crippen LogP contribution in [0.5, 0.6) is 0 Å². The maximum Gasteiger partial charge on any atom is 0.269 e. The molecule has 0 atom stereocenters. The molecule has 0 saturated heterocycles. The summed E-state index contributed by atoms with van der Waals surface area (Å²) in [4.78, 5) is 13.1. The van der Waals surface area contributed by atoms with Crippen LogP contribution >= 0.6 is 0 Å². The van der Waals surface area contributed by atoms with Gasteiger partial charge in [0.05, 0.1) is 16.1 Å². The molecular weight excluding hydrogens is 376 g/mol. The zero-order valence-electron chi connectivity index (χ0n) is 17.1. The average Bonchev–Trinajstić information content (AvgIpc) is 3.36. The minimum Gasteiger partial charge on any atom is -0.347 e. The molecule has 1 amide bonds. The Hall–Kier alpha value is -2.19. The minimum absolute atomic E-state index is 0.121. The molecule has 152 valence electrons. The lowest BCUT2D eigenvalue weighted by Gasteiger charge is -2.22. The predicted octanol–water partition coefficient (Wildman–Crippen LogP) is 2.70. The number of hydrogen-bond donors (Lipinski definition) is 1. The van der Waals surface area contributed by atoms with Crippen molar-refractivity contribution in [3.8, 4) is 0 Å². The lowest BCUT2D eigenvalue weighted by molar-refractivity contribution is 0.0932. The zero-order valence-corrected chi connectivity index (χ0v) is 17.9. The molecular formula is C20H28N4O3S. The molecule has 7 nitrogen and oxygen atoms in total. The fraction of sp³-hybridized carbons (Fsp3) is 0.500. The normalized spacial score (nSPS) is 15.1. The van der Waals surface area contributed by atoms with Crippen LogP contribution in [0.3, 0.4) is 0 Å². The van der Waals surface area contributed by atoms with Crippen molar-refractivity contribution in [1.82, 2.24) is 19.4 Å². The maximum absolute atomic E-state index is 12.9. The SMILES string of the molecule is CN(C)S(=O)(=O)c1ccccc1CNC(=O)c1cc(C2CC2)nn1C(C)(C)C. The Kier molecular flexibility index (Phi) is 5.38. The lowest BCUT2D eigenvalue weighted by atomic mass is 10.1. The Morgan fingerprint density at radius 2 is 1.89 bits per heavy atom. The molecule has 0 spiro atoms. The van der Waals surface area contributed by atoms with Gasteiger partial charge < -0.3 is 5.32 Å². The van der Waals surface area contributed by atoms with Gasteiger partial charge in [0.2, 0.25) is 10.0 Å². The van der Waals surface area contributed by atoms with Crippen molar-refractivity contribution < 1.29 is 13.2 Å². The molecule has 28 heavy (non-hydrogen) atoms. The molecule has 1 heterocycles. The Morgan fingerprint density at radius 3 is 2.46 bits per heavy atom. The number of nitrogens with zero attached hydrogens (tertiary/aromatic N) is 3. The minimum atomic E-state index is -3.59. The third kappa shape index (κ3) is 4.12. The molecule has 2 aromatic rings. The number of hydrogen-bond acceptors (Lipinski definition) is 4. The summed E-state index contributed by atoms with van der Waals surface area (Å²) in [5.41, 5.74) is 1.68. The van der Waals surface area contributed by atoms with Gasteiger partial charge in [-0.2, -0.15) is 5.10 Å². The Balaban J connectivity index is 1.85. The fourth-order valence-corrected chi connectivity index (χ4v) is 4.13. The first kappa shape index (κ1) is 20.5. The van der Waals surface area contributed by atoms with E-state index in [1.54, 1.807) is 28.9 Å². The van der Waals surface area contributed by atoms with Crippen LogP contribution in [-0.4, -0.2) is 42.5 Å². The summed E-state index contributed by atoms with van der Waals surface area (Å²) < 4.78 is 28.0. The van der Waals surface area contributed by atoms with E-state index in [1.807, 2.05) is 26.8 Å². The van der Waals surface area contributed by atoms with E-state index in [1.165, 1.54) is 18.4 Å². The van der Waals surface area contributed by atoms with Crippen molar-refractivity contribution in [3.05, 3.63) is 47.3 Å².